The summed E-state index contributed by atoms with van der Waals surface area (Å²) < 4.78 is 7.78. The van der Waals surface area contributed by atoms with Crippen LogP contribution in [-0.2, 0) is 14.3 Å². The van der Waals surface area contributed by atoms with Gasteiger partial charge in [0, 0.05) is 17.9 Å². The number of carbonyl (C=O) groups is 2. The third-order valence-electron chi connectivity index (χ3n) is 5.25. The highest BCUT2D eigenvalue weighted by Gasteiger charge is 2.39. The van der Waals surface area contributed by atoms with Crippen molar-refractivity contribution in [3.05, 3.63) is 47.3 Å². The van der Waals surface area contributed by atoms with E-state index >= 15 is 0 Å². The zero-order chi connectivity index (χ0) is 20.3. The molecule has 7 heteroatoms. The fourth-order valence-corrected chi connectivity index (χ4v) is 3.85. The summed E-state index contributed by atoms with van der Waals surface area (Å²) in [5.74, 6) is -1.70. The van der Waals surface area contributed by atoms with Crippen molar-refractivity contribution in [1.82, 2.24) is 15.1 Å². The normalized spacial score (nSPS) is 20.1. The third-order valence-corrected chi connectivity index (χ3v) is 5.25. The predicted octanol–water partition coefficient (Wildman–Crippen LogP) is 2.94. The summed E-state index contributed by atoms with van der Waals surface area (Å²) in [5, 5.41) is 16.7. The molecule has 1 aromatic carbocycles. The molecule has 1 saturated heterocycles. The van der Waals surface area contributed by atoms with E-state index in [1.165, 1.54) is 0 Å². The van der Waals surface area contributed by atoms with E-state index in [-0.39, 0.29) is 5.91 Å². The molecule has 1 aliphatic rings. The first-order valence-electron chi connectivity index (χ1n) is 9.70. The van der Waals surface area contributed by atoms with Crippen LogP contribution in [0.3, 0.4) is 0 Å². The molecule has 0 bridgehead atoms. The lowest BCUT2D eigenvalue weighted by Gasteiger charge is -2.21. The quantitative estimate of drug-likeness (QED) is 0.764. The SMILES string of the molecule is CCCC(NC(=O)[C@H]1CCO[C@@H]1c1c(C)nn(-c2ccccc2)c1C)C(=O)O. The van der Waals surface area contributed by atoms with Crippen molar-refractivity contribution in [2.24, 2.45) is 5.92 Å². The van der Waals surface area contributed by atoms with Crippen LogP contribution in [0.4, 0.5) is 0 Å². The number of hydrogen-bond acceptors (Lipinski definition) is 4. The Bertz CT molecular complexity index is 847. The number of rotatable bonds is 7. The van der Waals surface area contributed by atoms with Gasteiger partial charge in [0.15, 0.2) is 0 Å². The Morgan fingerprint density at radius 1 is 1.32 bits per heavy atom. The molecule has 1 unspecified atom stereocenters. The minimum Gasteiger partial charge on any atom is -0.480 e. The van der Waals surface area contributed by atoms with Crippen LogP contribution in [0.25, 0.3) is 5.69 Å². The molecule has 150 valence electrons. The Labute approximate surface area is 164 Å². The van der Waals surface area contributed by atoms with Crippen LogP contribution in [0.15, 0.2) is 30.3 Å². The van der Waals surface area contributed by atoms with Crippen LogP contribution in [0.2, 0.25) is 0 Å². The largest absolute Gasteiger partial charge is 0.480 e. The minimum absolute atomic E-state index is 0.269. The lowest BCUT2D eigenvalue weighted by Crippen LogP contribution is -2.44. The van der Waals surface area contributed by atoms with E-state index in [2.05, 4.69) is 10.4 Å². The number of carbonyl (C=O) groups excluding carboxylic acids is 1. The maximum absolute atomic E-state index is 12.8. The van der Waals surface area contributed by atoms with Crippen LogP contribution in [0.1, 0.15) is 49.2 Å². The number of benzene rings is 1. The highest BCUT2D eigenvalue weighted by atomic mass is 16.5. The molecule has 3 atom stereocenters. The van der Waals surface area contributed by atoms with Crippen LogP contribution >= 0.6 is 0 Å². The van der Waals surface area contributed by atoms with Crippen molar-refractivity contribution >= 4 is 11.9 Å². The standard InChI is InChI=1S/C21H27N3O4/c1-4-8-17(21(26)27)22-20(25)16-11-12-28-19(16)18-13(2)23-24(14(18)3)15-9-6-5-7-10-15/h5-7,9-10,16-17,19H,4,8,11-12H2,1-3H3,(H,22,25)(H,26,27)/t16-,17?,19-/m0/s1. The fourth-order valence-electron chi connectivity index (χ4n) is 3.85. The number of nitrogens with zero attached hydrogens (tertiary/aromatic N) is 2. The number of hydrogen-bond donors (Lipinski definition) is 2. The number of ether oxygens (including phenoxy) is 1. The molecular formula is C21H27N3O4. The zero-order valence-electron chi connectivity index (χ0n) is 16.5. The van der Waals surface area contributed by atoms with Gasteiger partial charge in [-0.1, -0.05) is 31.5 Å². The molecular weight excluding hydrogens is 358 g/mol. The average Bonchev–Trinajstić information content (AvgIpc) is 3.26. The van der Waals surface area contributed by atoms with Gasteiger partial charge in [0.1, 0.15) is 6.04 Å². The van der Waals surface area contributed by atoms with Gasteiger partial charge in [-0.3, -0.25) is 4.79 Å². The number of aryl methyl sites for hydroxylation is 1. The number of carboxylic acids is 1. The first kappa shape index (κ1) is 20.1. The van der Waals surface area contributed by atoms with Gasteiger partial charge in [0.05, 0.1) is 23.4 Å². The summed E-state index contributed by atoms with van der Waals surface area (Å²) in [4.78, 5) is 24.2. The first-order chi connectivity index (χ1) is 13.4. The Kier molecular flexibility index (Phi) is 6.14. The molecule has 1 aromatic heterocycles. The summed E-state index contributed by atoms with van der Waals surface area (Å²) in [7, 11) is 0. The van der Waals surface area contributed by atoms with E-state index in [1.54, 1.807) is 0 Å². The molecule has 1 amide bonds. The maximum Gasteiger partial charge on any atom is 0.326 e. The molecule has 7 nitrogen and oxygen atoms in total. The predicted molar refractivity (Wildman–Crippen MR) is 104 cm³/mol. The Morgan fingerprint density at radius 2 is 2.04 bits per heavy atom. The second-order valence-electron chi connectivity index (χ2n) is 7.21. The van der Waals surface area contributed by atoms with Gasteiger partial charge in [-0.05, 0) is 38.8 Å². The molecule has 3 rings (SSSR count). The molecule has 28 heavy (non-hydrogen) atoms. The van der Waals surface area contributed by atoms with Crippen LogP contribution < -0.4 is 5.32 Å². The van der Waals surface area contributed by atoms with Crippen LogP contribution in [0.5, 0.6) is 0 Å². The third kappa shape index (κ3) is 3.94. The monoisotopic (exact) mass is 385 g/mol. The van der Waals surface area contributed by atoms with Crippen LogP contribution in [0, 0.1) is 19.8 Å². The van der Waals surface area contributed by atoms with Gasteiger partial charge < -0.3 is 15.2 Å². The number of carboxylic acid groups (broad SMARTS) is 1. The topological polar surface area (TPSA) is 93.5 Å². The number of para-hydroxylation sites is 1. The van der Waals surface area contributed by atoms with Gasteiger partial charge >= 0.3 is 5.97 Å². The molecule has 2 N–H and O–H groups in total. The Morgan fingerprint density at radius 3 is 2.68 bits per heavy atom. The smallest absolute Gasteiger partial charge is 0.326 e. The zero-order valence-corrected chi connectivity index (χ0v) is 16.5. The average molecular weight is 385 g/mol. The highest BCUT2D eigenvalue weighted by molar-refractivity contribution is 5.85. The van der Waals surface area contributed by atoms with E-state index in [0.717, 1.165) is 22.6 Å². The number of aromatic nitrogens is 2. The Hall–Kier alpha value is -2.67. The van der Waals surface area contributed by atoms with E-state index < -0.39 is 24.0 Å². The Balaban J connectivity index is 1.86. The van der Waals surface area contributed by atoms with Crippen molar-refractivity contribution in [3.63, 3.8) is 0 Å². The first-order valence-corrected chi connectivity index (χ1v) is 9.70. The molecule has 2 heterocycles. The summed E-state index contributed by atoms with van der Waals surface area (Å²) in [5.41, 5.74) is 3.59. The number of amides is 1. The van der Waals surface area contributed by atoms with Crippen LogP contribution in [-0.4, -0.2) is 39.4 Å². The van der Waals surface area contributed by atoms with Crippen molar-refractivity contribution in [1.29, 1.82) is 0 Å². The molecule has 0 spiro atoms. The lowest BCUT2D eigenvalue weighted by atomic mass is 9.92. The van der Waals surface area contributed by atoms with E-state index in [1.807, 2.05) is 55.8 Å². The molecule has 1 fully saturated rings. The van der Waals surface area contributed by atoms with E-state index in [0.29, 0.717) is 25.9 Å². The second-order valence-corrected chi connectivity index (χ2v) is 7.21. The van der Waals surface area contributed by atoms with Gasteiger partial charge in [-0.15, -0.1) is 0 Å². The molecule has 0 saturated carbocycles. The number of nitrogens with one attached hydrogen (secondary N) is 1. The van der Waals surface area contributed by atoms with E-state index in [9.17, 15) is 14.7 Å². The van der Waals surface area contributed by atoms with Gasteiger partial charge in [0.2, 0.25) is 5.91 Å². The van der Waals surface area contributed by atoms with Gasteiger partial charge in [-0.2, -0.15) is 5.10 Å². The number of aliphatic carboxylic acids is 1. The fraction of sp³-hybridized carbons (Fsp3) is 0.476. The maximum atomic E-state index is 12.8. The van der Waals surface area contributed by atoms with Crippen molar-refractivity contribution in [3.8, 4) is 5.69 Å². The lowest BCUT2D eigenvalue weighted by molar-refractivity contribution is -0.143. The van der Waals surface area contributed by atoms with Gasteiger partial charge in [0.25, 0.3) is 0 Å². The van der Waals surface area contributed by atoms with Crippen molar-refractivity contribution < 1.29 is 19.4 Å². The highest BCUT2D eigenvalue weighted by Crippen LogP contribution is 2.38. The molecule has 2 aromatic rings. The molecule has 0 radical (unpaired) electrons. The summed E-state index contributed by atoms with van der Waals surface area (Å²) in [6.45, 7) is 6.24. The van der Waals surface area contributed by atoms with E-state index in [4.69, 9.17) is 4.74 Å². The van der Waals surface area contributed by atoms with Crippen molar-refractivity contribution in [2.75, 3.05) is 6.61 Å². The second kappa shape index (κ2) is 8.56. The molecule has 1 aliphatic heterocycles. The summed E-state index contributed by atoms with van der Waals surface area (Å²) in [6.07, 6.45) is 1.23. The molecule has 0 aliphatic carbocycles. The van der Waals surface area contributed by atoms with Gasteiger partial charge in [-0.25, -0.2) is 9.48 Å². The summed E-state index contributed by atoms with van der Waals surface area (Å²) in [6, 6.07) is 8.94. The minimum atomic E-state index is -1.00. The van der Waals surface area contributed by atoms with Crippen molar-refractivity contribution in [2.45, 2.75) is 52.2 Å². The summed E-state index contributed by atoms with van der Waals surface area (Å²) >= 11 is 0.